The smallest absolute Gasteiger partial charge is 0.332 e. The maximum atomic E-state index is 12.6. The summed E-state index contributed by atoms with van der Waals surface area (Å²) in [5, 5.41) is 9.03. The number of hydrogen-bond acceptors (Lipinski definition) is 5. The van der Waals surface area contributed by atoms with E-state index in [-0.39, 0.29) is 18.7 Å². The van der Waals surface area contributed by atoms with E-state index < -0.39 is 5.69 Å². The summed E-state index contributed by atoms with van der Waals surface area (Å²) < 4.78 is 9.74. The number of nitrogens with zero attached hydrogens (tertiary/aromatic N) is 5. The summed E-state index contributed by atoms with van der Waals surface area (Å²) in [5.41, 5.74) is 0.432. The van der Waals surface area contributed by atoms with E-state index in [9.17, 15) is 9.59 Å². The van der Waals surface area contributed by atoms with E-state index in [2.05, 4.69) is 11.1 Å². The van der Waals surface area contributed by atoms with Gasteiger partial charge in [-0.1, -0.05) is 12.1 Å². The van der Waals surface area contributed by atoms with Crippen molar-refractivity contribution in [3.05, 3.63) is 57.0 Å². The molecule has 0 atom stereocenters. The highest BCUT2D eigenvalue weighted by Crippen LogP contribution is 2.16. The highest BCUT2D eigenvalue weighted by atomic mass is 16.5. The molecule has 25 heavy (non-hydrogen) atoms. The summed E-state index contributed by atoms with van der Waals surface area (Å²) >= 11 is 0. The molecule has 0 unspecified atom stereocenters. The van der Waals surface area contributed by atoms with E-state index in [4.69, 9.17) is 10.00 Å². The molecule has 8 heteroatoms. The van der Waals surface area contributed by atoms with E-state index >= 15 is 0 Å². The van der Waals surface area contributed by atoms with Gasteiger partial charge in [0.1, 0.15) is 11.8 Å². The predicted molar refractivity (Wildman–Crippen MR) is 91.5 cm³/mol. The van der Waals surface area contributed by atoms with Crippen molar-refractivity contribution in [1.82, 2.24) is 18.7 Å². The molecule has 3 aromatic rings. The molecule has 0 spiro atoms. The molecule has 128 valence electrons. The van der Waals surface area contributed by atoms with Crippen LogP contribution in [0, 0.1) is 11.3 Å². The second kappa shape index (κ2) is 6.65. The van der Waals surface area contributed by atoms with Crippen molar-refractivity contribution in [2.45, 2.75) is 13.0 Å². The molecule has 2 heterocycles. The van der Waals surface area contributed by atoms with Gasteiger partial charge in [0.2, 0.25) is 0 Å². The van der Waals surface area contributed by atoms with Gasteiger partial charge in [-0.2, -0.15) is 5.26 Å². The monoisotopic (exact) mass is 339 g/mol. The van der Waals surface area contributed by atoms with Crippen LogP contribution < -0.4 is 16.0 Å². The van der Waals surface area contributed by atoms with Crippen LogP contribution >= 0.6 is 0 Å². The van der Waals surface area contributed by atoms with Crippen molar-refractivity contribution in [2.24, 2.45) is 14.1 Å². The fraction of sp³-hybridized carbons (Fsp3) is 0.294. The summed E-state index contributed by atoms with van der Waals surface area (Å²) in [6, 6.07) is 8.99. The average Bonchev–Trinajstić information content (AvgIpc) is 3.01. The highest BCUT2D eigenvalue weighted by Gasteiger charge is 2.14. The van der Waals surface area contributed by atoms with Gasteiger partial charge in [0.15, 0.2) is 11.2 Å². The van der Waals surface area contributed by atoms with Crippen LogP contribution in [-0.4, -0.2) is 25.3 Å². The van der Waals surface area contributed by atoms with Gasteiger partial charge in [-0.3, -0.25) is 13.9 Å². The van der Waals surface area contributed by atoms with Crippen LogP contribution in [0.2, 0.25) is 0 Å². The third kappa shape index (κ3) is 2.92. The van der Waals surface area contributed by atoms with E-state index in [1.54, 1.807) is 42.9 Å². The Hall–Kier alpha value is -3.34. The quantitative estimate of drug-likeness (QED) is 0.640. The topological polar surface area (TPSA) is 94.8 Å². The highest BCUT2D eigenvalue weighted by molar-refractivity contribution is 5.69. The predicted octanol–water partition coefficient (Wildman–Crippen LogP) is 0.774. The normalized spacial score (nSPS) is 10.8. The maximum Gasteiger partial charge on any atom is 0.332 e. The van der Waals surface area contributed by atoms with Gasteiger partial charge in [-0.15, -0.1) is 0 Å². The third-order valence-electron chi connectivity index (χ3n) is 3.99. The van der Waals surface area contributed by atoms with Crippen LogP contribution in [0.5, 0.6) is 5.75 Å². The molecule has 0 aliphatic carbocycles. The van der Waals surface area contributed by atoms with Crippen LogP contribution in [0.4, 0.5) is 0 Å². The zero-order valence-electron chi connectivity index (χ0n) is 14.0. The van der Waals surface area contributed by atoms with Crippen molar-refractivity contribution >= 4 is 11.2 Å². The van der Waals surface area contributed by atoms with Crippen LogP contribution in [0.15, 0.2) is 40.2 Å². The molecule has 3 rings (SSSR count). The Morgan fingerprint density at radius 1 is 1.24 bits per heavy atom. The minimum atomic E-state index is -0.409. The molecule has 0 saturated carbocycles. The molecule has 0 amide bonds. The Balaban J connectivity index is 1.78. The first kappa shape index (κ1) is 16.5. The van der Waals surface area contributed by atoms with Crippen molar-refractivity contribution in [2.75, 3.05) is 6.61 Å². The maximum absolute atomic E-state index is 12.6. The number of rotatable bonds is 5. The number of aromatic nitrogens is 4. The van der Waals surface area contributed by atoms with Gasteiger partial charge in [0, 0.05) is 20.6 Å². The van der Waals surface area contributed by atoms with Gasteiger partial charge in [0.05, 0.1) is 18.5 Å². The summed E-state index contributed by atoms with van der Waals surface area (Å²) in [4.78, 5) is 29.0. The standard InChI is InChI=1S/C17H17N5O3/c1-20-11-19-15-14(20)16(23)22(17(24)21(15)2)8-5-9-25-13-7-4-3-6-12(13)10-18/h3-4,6-7,11H,5,8-9H2,1-2H3. The number of para-hydroxylation sites is 1. The lowest BCUT2D eigenvalue weighted by atomic mass is 10.2. The molecule has 0 saturated heterocycles. The number of benzene rings is 1. The first-order valence-electron chi connectivity index (χ1n) is 7.77. The Kier molecular flexibility index (Phi) is 4.39. The van der Waals surface area contributed by atoms with Gasteiger partial charge in [0.25, 0.3) is 5.56 Å². The number of nitriles is 1. The van der Waals surface area contributed by atoms with Crippen molar-refractivity contribution in [3.8, 4) is 11.8 Å². The lowest BCUT2D eigenvalue weighted by Crippen LogP contribution is -2.39. The second-order valence-corrected chi connectivity index (χ2v) is 5.64. The molecule has 2 aromatic heterocycles. The zero-order chi connectivity index (χ0) is 18.0. The largest absolute Gasteiger partial charge is 0.492 e. The van der Waals surface area contributed by atoms with Crippen LogP contribution in [0.3, 0.4) is 0 Å². The first-order chi connectivity index (χ1) is 12.0. The molecule has 0 radical (unpaired) electrons. The molecule has 0 bridgehead atoms. The van der Waals surface area contributed by atoms with Gasteiger partial charge < -0.3 is 9.30 Å². The number of imidazole rings is 1. The van der Waals surface area contributed by atoms with Crippen molar-refractivity contribution in [1.29, 1.82) is 5.26 Å². The lowest BCUT2D eigenvalue weighted by Gasteiger charge is -2.10. The molecule has 8 nitrogen and oxygen atoms in total. The minimum Gasteiger partial charge on any atom is -0.492 e. The minimum absolute atomic E-state index is 0.224. The van der Waals surface area contributed by atoms with Gasteiger partial charge >= 0.3 is 5.69 Å². The van der Waals surface area contributed by atoms with Crippen molar-refractivity contribution in [3.63, 3.8) is 0 Å². The average molecular weight is 339 g/mol. The van der Waals surface area contributed by atoms with Crippen molar-refractivity contribution < 1.29 is 4.74 Å². The Morgan fingerprint density at radius 3 is 2.76 bits per heavy atom. The van der Waals surface area contributed by atoms with Gasteiger partial charge in [-0.05, 0) is 18.6 Å². The zero-order valence-corrected chi connectivity index (χ0v) is 14.0. The molecule has 0 fully saturated rings. The fourth-order valence-corrected chi connectivity index (χ4v) is 2.68. The number of ether oxygens (including phenoxy) is 1. The molecular formula is C17H17N5O3. The molecule has 1 aromatic carbocycles. The van der Waals surface area contributed by atoms with E-state index in [0.717, 1.165) is 0 Å². The Bertz CT molecular complexity index is 1080. The molecule has 0 N–H and O–H groups in total. The number of aryl methyl sites for hydroxylation is 2. The molecule has 0 aliphatic rings. The van der Waals surface area contributed by atoms with Gasteiger partial charge in [-0.25, -0.2) is 9.78 Å². The first-order valence-corrected chi connectivity index (χ1v) is 7.77. The Labute approximate surface area is 143 Å². The SMILES string of the molecule is Cn1cnc2c1c(=O)n(CCCOc1ccccc1C#N)c(=O)n2C. The van der Waals surface area contributed by atoms with Crippen LogP contribution in [-0.2, 0) is 20.6 Å². The lowest BCUT2D eigenvalue weighted by molar-refractivity contribution is 0.298. The fourth-order valence-electron chi connectivity index (χ4n) is 2.68. The Morgan fingerprint density at radius 2 is 2.00 bits per heavy atom. The third-order valence-corrected chi connectivity index (χ3v) is 3.99. The van der Waals surface area contributed by atoms with Crippen LogP contribution in [0.25, 0.3) is 11.2 Å². The number of fused-ring (bicyclic) bond motifs is 1. The second-order valence-electron chi connectivity index (χ2n) is 5.64. The molecular weight excluding hydrogens is 322 g/mol. The summed E-state index contributed by atoms with van der Waals surface area (Å²) in [5.74, 6) is 0.493. The summed E-state index contributed by atoms with van der Waals surface area (Å²) in [7, 11) is 3.31. The van der Waals surface area contributed by atoms with Crippen LogP contribution in [0.1, 0.15) is 12.0 Å². The number of hydrogen-bond donors (Lipinski definition) is 0. The molecule has 0 aliphatic heterocycles. The summed E-state index contributed by atoms with van der Waals surface area (Å²) in [6.45, 7) is 0.513. The van der Waals surface area contributed by atoms with E-state index in [0.29, 0.717) is 28.9 Å². The van der Waals surface area contributed by atoms with E-state index in [1.165, 1.54) is 15.5 Å². The summed E-state index contributed by atoms with van der Waals surface area (Å²) in [6.07, 6.45) is 1.97. The van der Waals surface area contributed by atoms with E-state index in [1.807, 2.05) is 0 Å².